The van der Waals surface area contributed by atoms with Crippen molar-refractivity contribution in [2.24, 2.45) is 17.3 Å². The van der Waals surface area contributed by atoms with Crippen LogP contribution in [-0.4, -0.2) is 33.0 Å². The molecule has 0 unspecified atom stereocenters. The lowest BCUT2D eigenvalue weighted by atomic mass is 9.70. The smallest absolute Gasteiger partial charge is 0.147 e. The van der Waals surface area contributed by atoms with Crippen LogP contribution in [0.15, 0.2) is 0 Å². The second-order valence-electron chi connectivity index (χ2n) is 7.10. The average Bonchev–Trinajstić information content (AvgIpc) is 2.12. The van der Waals surface area contributed by atoms with Crippen molar-refractivity contribution in [3.63, 3.8) is 0 Å². The van der Waals surface area contributed by atoms with Crippen molar-refractivity contribution in [3.8, 4) is 0 Å². The molecule has 1 aliphatic rings. The Balaban J connectivity index is 2.36. The van der Waals surface area contributed by atoms with E-state index in [0.717, 1.165) is 6.54 Å². The van der Waals surface area contributed by atoms with Gasteiger partial charge in [0.2, 0.25) is 0 Å². The van der Waals surface area contributed by atoms with E-state index in [-0.39, 0.29) is 11.7 Å². The van der Waals surface area contributed by atoms with Gasteiger partial charge in [-0.15, -0.1) is 0 Å². The fraction of sp³-hybridized carbons (Fsp3) is 1.00. The molecule has 4 heteroatoms. The standard InChI is InChI=1S/C14H29NO2S/c1-11(10-18(5,16)17)9-15-13-6-7-14(3,4)8-12(13)2/h11-13,15H,6-10H2,1-5H3/t11-,12-,13-/m1/s1. The topological polar surface area (TPSA) is 46.2 Å². The number of nitrogens with one attached hydrogen (secondary N) is 1. The van der Waals surface area contributed by atoms with E-state index < -0.39 is 9.84 Å². The zero-order valence-corrected chi connectivity index (χ0v) is 13.3. The lowest BCUT2D eigenvalue weighted by molar-refractivity contribution is 0.147. The van der Waals surface area contributed by atoms with Crippen molar-refractivity contribution in [2.45, 2.75) is 53.0 Å². The number of hydrogen-bond donors (Lipinski definition) is 1. The fourth-order valence-electron chi connectivity index (χ4n) is 3.18. The van der Waals surface area contributed by atoms with Gasteiger partial charge < -0.3 is 5.32 Å². The molecular weight excluding hydrogens is 246 g/mol. The molecule has 1 saturated carbocycles. The van der Waals surface area contributed by atoms with Gasteiger partial charge >= 0.3 is 0 Å². The Morgan fingerprint density at radius 3 is 2.50 bits per heavy atom. The van der Waals surface area contributed by atoms with Gasteiger partial charge in [0.15, 0.2) is 0 Å². The van der Waals surface area contributed by atoms with Crippen LogP contribution in [-0.2, 0) is 9.84 Å². The molecule has 1 fully saturated rings. The maximum absolute atomic E-state index is 11.2. The first kappa shape index (κ1) is 16.0. The summed E-state index contributed by atoms with van der Waals surface area (Å²) in [5, 5.41) is 3.57. The Kier molecular flexibility index (Phi) is 5.24. The molecule has 0 saturated heterocycles. The Bertz CT molecular complexity index is 362. The lowest BCUT2D eigenvalue weighted by Gasteiger charge is -2.40. The normalized spacial score (nSPS) is 30.1. The predicted octanol–water partition coefficient (Wildman–Crippen LogP) is 2.47. The molecule has 1 aliphatic carbocycles. The van der Waals surface area contributed by atoms with Crippen LogP contribution < -0.4 is 5.32 Å². The maximum Gasteiger partial charge on any atom is 0.147 e. The Morgan fingerprint density at radius 1 is 1.39 bits per heavy atom. The van der Waals surface area contributed by atoms with Gasteiger partial charge in [-0.05, 0) is 43.1 Å². The number of rotatable bonds is 5. The Hall–Kier alpha value is -0.0900. The van der Waals surface area contributed by atoms with Gasteiger partial charge in [0, 0.05) is 12.3 Å². The largest absolute Gasteiger partial charge is 0.313 e. The molecule has 108 valence electrons. The minimum Gasteiger partial charge on any atom is -0.313 e. The second kappa shape index (κ2) is 5.91. The van der Waals surface area contributed by atoms with E-state index in [0.29, 0.717) is 17.4 Å². The molecule has 0 aromatic heterocycles. The highest BCUT2D eigenvalue weighted by Crippen LogP contribution is 2.38. The third kappa shape index (κ3) is 5.70. The summed E-state index contributed by atoms with van der Waals surface area (Å²) in [5.74, 6) is 1.16. The zero-order valence-electron chi connectivity index (χ0n) is 12.5. The van der Waals surface area contributed by atoms with Gasteiger partial charge in [0.1, 0.15) is 9.84 Å². The van der Waals surface area contributed by atoms with Crippen molar-refractivity contribution >= 4 is 9.84 Å². The summed E-state index contributed by atoms with van der Waals surface area (Å²) in [6.07, 6.45) is 5.04. The summed E-state index contributed by atoms with van der Waals surface area (Å²) in [5.41, 5.74) is 0.468. The van der Waals surface area contributed by atoms with Crippen molar-refractivity contribution in [1.29, 1.82) is 0 Å². The van der Waals surface area contributed by atoms with Crippen LogP contribution >= 0.6 is 0 Å². The van der Waals surface area contributed by atoms with Crippen molar-refractivity contribution in [2.75, 3.05) is 18.6 Å². The molecule has 3 nitrogen and oxygen atoms in total. The molecule has 0 heterocycles. The first-order valence-corrected chi connectivity index (χ1v) is 9.06. The van der Waals surface area contributed by atoms with Crippen LogP contribution in [0.5, 0.6) is 0 Å². The summed E-state index contributed by atoms with van der Waals surface area (Å²) in [7, 11) is -2.85. The maximum atomic E-state index is 11.2. The van der Waals surface area contributed by atoms with E-state index in [4.69, 9.17) is 0 Å². The van der Waals surface area contributed by atoms with Crippen LogP contribution in [0.25, 0.3) is 0 Å². The van der Waals surface area contributed by atoms with Gasteiger partial charge in [-0.25, -0.2) is 8.42 Å². The van der Waals surface area contributed by atoms with Gasteiger partial charge in [-0.2, -0.15) is 0 Å². The molecule has 0 aromatic rings. The molecule has 18 heavy (non-hydrogen) atoms. The van der Waals surface area contributed by atoms with Gasteiger partial charge in [0.05, 0.1) is 5.75 Å². The molecule has 0 spiro atoms. The van der Waals surface area contributed by atoms with Crippen LogP contribution in [0.1, 0.15) is 47.0 Å². The molecule has 1 N–H and O–H groups in total. The predicted molar refractivity (Wildman–Crippen MR) is 77.5 cm³/mol. The quantitative estimate of drug-likeness (QED) is 0.838. The average molecular weight is 275 g/mol. The zero-order chi connectivity index (χ0) is 14.0. The van der Waals surface area contributed by atoms with Gasteiger partial charge in [-0.3, -0.25) is 0 Å². The molecule has 3 atom stereocenters. The van der Waals surface area contributed by atoms with Gasteiger partial charge in [-0.1, -0.05) is 27.7 Å². The third-order valence-electron chi connectivity index (χ3n) is 4.01. The van der Waals surface area contributed by atoms with Crippen LogP contribution in [0.3, 0.4) is 0 Å². The monoisotopic (exact) mass is 275 g/mol. The van der Waals surface area contributed by atoms with Gasteiger partial charge in [0.25, 0.3) is 0 Å². The minimum absolute atomic E-state index is 0.196. The highest BCUT2D eigenvalue weighted by atomic mass is 32.2. The molecule has 0 amide bonds. The summed E-state index contributed by atoms with van der Waals surface area (Å²) >= 11 is 0. The third-order valence-corrected chi connectivity index (χ3v) is 5.18. The van der Waals surface area contributed by atoms with E-state index in [9.17, 15) is 8.42 Å². The van der Waals surface area contributed by atoms with Crippen molar-refractivity contribution in [3.05, 3.63) is 0 Å². The molecule has 1 rings (SSSR count). The van der Waals surface area contributed by atoms with Crippen molar-refractivity contribution < 1.29 is 8.42 Å². The van der Waals surface area contributed by atoms with E-state index in [1.54, 1.807) is 0 Å². The lowest BCUT2D eigenvalue weighted by Crippen LogP contribution is -2.43. The van der Waals surface area contributed by atoms with E-state index in [2.05, 4.69) is 26.1 Å². The summed E-state index contributed by atoms with van der Waals surface area (Å²) < 4.78 is 22.4. The number of hydrogen-bond acceptors (Lipinski definition) is 3. The van der Waals surface area contributed by atoms with Crippen LogP contribution in [0.2, 0.25) is 0 Å². The summed E-state index contributed by atoms with van der Waals surface area (Å²) in [6.45, 7) is 9.80. The molecular formula is C14H29NO2S. The summed E-state index contributed by atoms with van der Waals surface area (Å²) in [4.78, 5) is 0. The second-order valence-corrected chi connectivity index (χ2v) is 9.28. The molecule has 0 aliphatic heterocycles. The first-order chi connectivity index (χ1) is 8.09. The molecule has 0 radical (unpaired) electrons. The highest BCUT2D eigenvalue weighted by Gasteiger charge is 2.32. The highest BCUT2D eigenvalue weighted by molar-refractivity contribution is 7.90. The van der Waals surface area contributed by atoms with E-state index in [1.165, 1.54) is 25.5 Å². The number of sulfone groups is 1. The SMILES string of the molecule is C[C@H](CN[C@@H]1CCC(C)(C)C[C@H]1C)CS(C)(=O)=O. The van der Waals surface area contributed by atoms with E-state index >= 15 is 0 Å². The molecule has 0 bridgehead atoms. The van der Waals surface area contributed by atoms with Crippen LogP contribution in [0, 0.1) is 17.3 Å². The Morgan fingerprint density at radius 2 is 2.00 bits per heavy atom. The Labute approximate surface area is 113 Å². The first-order valence-electron chi connectivity index (χ1n) is 7.00. The summed E-state index contributed by atoms with van der Waals surface area (Å²) in [6, 6.07) is 0.556. The minimum atomic E-state index is -2.85. The molecule has 0 aromatic carbocycles. The van der Waals surface area contributed by atoms with Crippen molar-refractivity contribution in [1.82, 2.24) is 5.32 Å². The van der Waals surface area contributed by atoms with E-state index in [1.807, 2.05) is 6.92 Å². The fourth-order valence-corrected chi connectivity index (χ4v) is 4.33. The van der Waals surface area contributed by atoms with Crippen LogP contribution in [0.4, 0.5) is 0 Å².